The van der Waals surface area contributed by atoms with Crippen LogP contribution in [-0.2, 0) is 24.2 Å². The van der Waals surface area contributed by atoms with Crippen LogP contribution in [0.2, 0.25) is 0 Å². The van der Waals surface area contributed by atoms with Crippen molar-refractivity contribution in [2.45, 2.75) is 60.4 Å². The van der Waals surface area contributed by atoms with Crippen LogP contribution >= 0.6 is 11.3 Å². The van der Waals surface area contributed by atoms with Crippen LogP contribution in [0.4, 0.5) is 5.69 Å². The minimum Gasteiger partial charge on any atom is -0.324 e. The number of rotatable bonds is 3. The number of benzene rings is 1. The number of nitrogens with zero attached hydrogens (tertiary/aromatic N) is 3. The molecule has 7 heteroatoms. The summed E-state index contributed by atoms with van der Waals surface area (Å²) in [6, 6.07) is 5.88. The molecule has 1 aromatic carbocycles. The first-order chi connectivity index (χ1) is 14.1. The molecule has 0 saturated carbocycles. The number of aromatic nitrogens is 3. The molecule has 30 heavy (non-hydrogen) atoms. The second-order valence-corrected chi connectivity index (χ2v) is 10.5. The molecule has 0 spiro atoms. The largest absolute Gasteiger partial charge is 0.324 e. The fraction of sp³-hybridized carbons (Fsp3) is 0.478. The van der Waals surface area contributed by atoms with E-state index in [0.29, 0.717) is 16.1 Å². The number of amides is 1. The highest BCUT2D eigenvalue weighted by molar-refractivity contribution is 7.18. The third-order valence-electron chi connectivity index (χ3n) is 6.12. The normalized spacial score (nSPS) is 16.5. The van der Waals surface area contributed by atoms with Crippen LogP contribution in [0.3, 0.4) is 0 Å². The molecule has 3 aromatic rings. The van der Waals surface area contributed by atoms with Gasteiger partial charge < -0.3 is 5.32 Å². The van der Waals surface area contributed by atoms with Crippen LogP contribution in [-0.4, -0.2) is 20.9 Å². The predicted octanol–water partition coefficient (Wildman–Crippen LogP) is 4.26. The topological polar surface area (TPSA) is 76.9 Å². The molecule has 1 atom stereocenters. The number of hydrogen-bond acceptors (Lipinski definition) is 5. The Balaban J connectivity index is 1.61. The van der Waals surface area contributed by atoms with Crippen molar-refractivity contribution in [2.75, 3.05) is 5.32 Å². The number of thiophene rings is 1. The van der Waals surface area contributed by atoms with Gasteiger partial charge in [-0.15, -0.1) is 16.4 Å². The molecule has 6 nitrogen and oxygen atoms in total. The summed E-state index contributed by atoms with van der Waals surface area (Å²) >= 11 is 1.58. The summed E-state index contributed by atoms with van der Waals surface area (Å²) in [7, 11) is 0. The quantitative estimate of drug-likeness (QED) is 0.682. The Labute approximate surface area is 180 Å². The van der Waals surface area contributed by atoms with E-state index in [-0.39, 0.29) is 23.4 Å². The molecule has 158 valence electrons. The zero-order chi connectivity index (χ0) is 21.6. The second kappa shape index (κ2) is 7.61. The number of anilines is 1. The average Bonchev–Trinajstić information content (AvgIpc) is 3.04. The van der Waals surface area contributed by atoms with E-state index in [1.165, 1.54) is 9.56 Å². The lowest BCUT2D eigenvalue weighted by Crippen LogP contribution is -2.31. The van der Waals surface area contributed by atoms with Gasteiger partial charge in [0, 0.05) is 10.6 Å². The van der Waals surface area contributed by atoms with E-state index in [9.17, 15) is 9.59 Å². The summed E-state index contributed by atoms with van der Waals surface area (Å²) in [6.45, 7) is 10.6. The fourth-order valence-corrected chi connectivity index (χ4v) is 5.40. The Bertz CT molecular complexity index is 1190. The van der Waals surface area contributed by atoms with Gasteiger partial charge in [0.1, 0.15) is 6.54 Å². The molecule has 2 heterocycles. The number of carbonyl (C=O) groups excluding carboxylic acids is 1. The fourth-order valence-electron chi connectivity index (χ4n) is 4.17. The number of fused-ring (bicyclic) bond motifs is 3. The Hall–Kier alpha value is -2.54. The molecule has 0 fully saturated rings. The lowest BCUT2D eigenvalue weighted by molar-refractivity contribution is -0.117. The summed E-state index contributed by atoms with van der Waals surface area (Å²) in [6.07, 6.45) is 2.93. The first kappa shape index (κ1) is 20.7. The molecular weight excluding hydrogens is 396 g/mol. The van der Waals surface area contributed by atoms with Crippen molar-refractivity contribution in [3.05, 3.63) is 50.1 Å². The van der Waals surface area contributed by atoms with E-state index in [0.717, 1.165) is 41.6 Å². The molecule has 0 aliphatic heterocycles. The van der Waals surface area contributed by atoms with Gasteiger partial charge in [0.25, 0.3) is 5.56 Å². The third-order valence-corrected chi connectivity index (χ3v) is 7.26. The van der Waals surface area contributed by atoms with Gasteiger partial charge in [0.15, 0.2) is 4.83 Å². The molecule has 0 radical (unpaired) electrons. The van der Waals surface area contributed by atoms with Crippen molar-refractivity contribution in [3.63, 3.8) is 0 Å². The number of hydrogen-bond donors (Lipinski definition) is 1. The van der Waals surface area contributed by atoms with Gasteiger partial charge in [-0.05, 0) is 67.2 Å². The smallest absolute Gasteiger partial charge is 0.279 e. The highest BCUT2D eigenvalue weighted by Gasteiger charge is 2.32. The summed E-state index contributed by atoms with van der Waals surface area (Å²) < 4.78 is 1.19. The maximum absolute atomic E-state index is 13.1. The zero-order valence-electron chi connectivity index (χ0n) is 18.2. The van der Waals surface area contributed by atoms with E-state index in [4.69, 9.17) is 0 Å². The van der Waals surface area contributed by atoms with Gasteiger partial charge in [0.2, 0.25) is 5.91 Å². The highest BCUT2D eigenvalue weighted by atomic mass is 32.1. The summed E-state index contributed by atoms with van der Waals surface area (Å²) in [5, 5.41) is 11.9. The minimum absolute atomic E-state index is 0.148. The maximum Gasteiger partial charge on any atom is 0.279 e. The second-order valence-electron chi connectivity index (χ2n) is 9.41. The zero-order valence-corrected chi connectivity index (χ0v) is 19.0. The van der Waals surface area contributed by atoms with Crippen LogP contribution in [0.15, 0.2) is 23.0 Å². The van der Waals surface area contributed by atoms with Crippen molar-refractivity contribution in [2.24, 2.45) is 11.3 Å². The average molecular weight is 425 g/mol. The van der Waals surface area contributed by atoms with Gasteiger partial charge in [0.05, 0.1) is 5.39 Å². The van der Waals surface area contributed by atoms with Gasteiger partial charge in [-0.1, -0.05) is 38.1 Å². The molecule has 1 aliphatic carbocycles. The number of carbonyl (C=O) groups is 1. The van der Waals surface area contributed by atoms with Crippen molar-refractivity contribution in [1.29, 1.82) is 0 Å². The third kappa shape index (κ3) is 3.90. The molecule has 0 bridgehead atoms. The number of nitrogens with one attached hydrogen (secondary N) is 1. The van der Waals surface area contributed by atoms with Crippen molar-refractivity contribution < 1.29 is 4.79 Å². The van der Waals surface area contributed by atoms with E-state index in [2.05, 4.69) is 36.4 Å². The van der Waals surface area contributed by atoms with Crippen LogP contribution in [0, 0.1) is 25.2 Å². The van der Waals surface area contributed by atoms with Crippen molar-refractivity contribution >= 4 is 33.1 Å². The summed E-state index contributed by atoms with van der Waals surface area (Å²) in [4.78, 5) is 27.7. The Kier molecular flexibility index (Phi) is 5.26. The van der Waals surface area contributed by atoms with Crippen LogP contribution in [0.25, 0.3) is 10.2 Å². The van der Waals surface area contributed by atoms with Crippen LogP contribution in [0.1, 0.15) is 48.8 Å². The van der Waals surface area contributed by atoms with E-state index in [1.807, 2.05) is 32.0 Å². The van der Waals surface area contributed by atoms with Gasteiger partial charge in [-0.25, -0.2) is 4.68 Å². The monoisotopic (exact) mass is 424 g/mol. The standard InChI is InChI=1S/C23H28N4O2S/c1-13-6-7-14(2)17(10-13)24-19(28)12-27-22(29)20-16-9-8-15(23(3,4)5)11-18(16)30-21(20)25-26-27/h6-7,10,15H,8-9,11-12H2,1-5H3,(H,24,28)/t15-/m0/s1. The van der Waals surface area contributed by atoms with Gasteiger partial charge >= 0.3 is 0 Å². The van der Waals surface area contributed by atoms with Crippen LogP contribution < -0.4 is 10.9 Å². The molecule has 1 aliphatic rings. The first-order valence-corrected chi connectivity index (χ1v) is 11.2. The molecule has 0 unspecified atom stereocenters. The Morgan fingerprint density at radius 2 is 2.07 bits per heavy atom. The van der Waals surface area contributed by atoms with Crippen molar-refractivity contribution in [3.8, 4) is 0 Å². The maximum atomic E-state index is 13.1. The van der Waals surface area contributed by atoms with Crippen LogP contribution in [0.5, 0.6) is 0 Å². The predicted molar refractivity (Wildman–Crippen MR) is 121 cm³/mol. The molecule has 4 rings (SSSR count). The highest BCUT2D eigenvalue weighted by Crippen LogP contribution is 2.41. The van der Waals surface area contributed by atoms with E-state index in [1.54, 1.807) is 11.3 Å². The molecule has 0 saturated heterocycles. The van der Waals surface area contributed by atoms with Gasteiger partial charge in [-0.2, -0.15) is 0 Å². The molecule has 1 amide bonds. The lowest BCUT2D eigenvalue weighted by atomic mass is 9.72. The Morgan fingerprint density at radius 3 is 2.80 bits per heavy atom. The molecule has 2 aromatic heterocycles. The number of aryl methyl sites for hydroxylation is 3. The SMILES string of the molecule is Cc1ccc(C)c(NC(=O)Cn2nnc3sc4c(c3c2=O)CC[C@H](C(C)(C)C)C4)c1. The minimum atomic E-state index is -0.281. The summed E-state index contributed by atoms with van der Waals surface area (Å²) in [5.41, 5.74) is 3.92. The molecular formula is C23H28N4O2S. The van der Waals surface area contributed by atoms with Gasteiger partial charge in [-0.3, -0.25) is 9.59 Å². The first-order valence-electron chi connectivity index (χ1n) is 10.4. The summed E-state index contributed by atoms with van der Waals surface area (Å²) in [5.74, 6) is 0.313. The van der Waals surface area contributed by atoms with E-state index < -0.39 is 0 Å². The lowest BCUT2D eigenvalue weighted by Gasteiger charge is -2.33. The van der Waals surface area contributed by atoms with Crippen molar-refractivity contribution in [1.82, 2.24) is 15.0 Å². The van der Waals surface area contributed by atoms with E-state index >= 15 is 0 Å². The molecule has 1 N–H and O–H groups in total. The Morgan fingerprint density at radius 1 is 1.30 bits per heavy atom.